The predicted molar refractivity (Wildman–Crippen MR) is 15.3 cm³/mol. The van der Waals surface area contributed by atoms with Crippen LogP contribution in [0.25, 0.3) is 0 Å². The Labute approximate surface area is 79.8 Å². The molecule has 0 fully saturated rings. The van der Waals surface area contributed by atoms with Crippen LogP contribution in [0.4, 0.5) is 0 Å². The van der Waals surface area contributed by atoms with Crippen molar-refractivity contribution in [3.8, 4) is 0 Å². The van der Waals surface area contributed by atoms with Gasteiger partial charge in [0.05, 0.1) is 7.11 Å². The molecule has 0 saturated heterocycles. The van der Waals surface area contributed by atoms with Crippen molar-refractivity contribution in [2.24, 2.45) is 0 Å². The van der Waals surface area contributed by atoms with E-state index >= 15 is 0 Å². The van der Waals surface area contributed by atoms with Crippen LogP contribution in [0.5, 0.6) is 0 Å². The molecule has 0 aromatic carbocycles. The summed E-state index contributed by atoms with van der Waals surface area (Å²) in [6, 6.07) is 0. The minimum Gasteiger partial charge on any atom is -1.00 e. The maximum atomic E-state index is 9.06. The number of rotatable bonds is 2. The van der Waals surface area contributed by atoms with Gasteiger partial charge in [-0.2, -0.15) is 4.89 Å². The van der Waals surface area contributed by atoms with E-state index in [1.54, 1.807) is 0 Å². The summed E-state index contributed by atoms with van der Waals surface area (Å²) in [5.74, 6) is 0. The Morgan fingerprint density at radius 3 is 2.33 bits per heavy atom. The van der Waals surface area contributed by atoms with Gasteiger partial charge < -0.3 is 6.31 Å². The fraction of sp³-hybridized carbons (Fsp3) is 0.500. The molecule has 0 radical (unpaired) electrons. The van der Waals surface area contributed by atoms with Crippen molar-refractivity contribution >= 4 is 6.47 Å². The second-order valence-electron chi connectivity index (χ2n) is 0.359. The second-order valence-corrected chi connectivity index (χ2v) is 0.359. The molecule has 0 bridgehead atoms. The minimum atomic E-state index is 0. The number of hydrogen-bond donors (Lipinski definition) is 0. The molecule has 0 aliphatic heterocycles. The third-order valence-electron chi connectivity index (χ3n) is 0.136. The Morgan fingerprint density at radius 1 is 1.83 bits per heavy atom. The van der Waals surface area contributed by atoms with Gasteiger partial charge in [-0.05, 0) is 0 Å². The van der Waals surface area contributed by atoms with E-state index in [9.17, 15) is 0 Å². The Bertz CT molecular complexity index is 34.1. The maximum absolute atomic E-state index is 9.06. The molecule has 0 spiro atoms. The third kappa shape index (κ3) is 8.91. The zero-order valence-electron chi connectivity index (χ0n) is 4.80. The smallest absolute Gasteiger partial charge is 1.00 e. The third-order valence-corrected chi connectivity index (χ3v) is 0.136. The van der Waals surface area contributed by atoms with E-state index in [1.165, 1.54) is 7.11 Å². The van der Waals surface area contributed by atoms with Crippen LogP contribution in [-0.4, -0.2) is 13.6 Å². The predicted octanol–water partition coefficient (Wildman–Crippen LogP) is -3.16. The van der Waals surface area contributed by atoms with E-state index in [0.717, 1.165) is 0 Å². The molecule has 0 aliphatic rings. The number of hydrogen-bond acceptors (Lipinski definition) is 3. The average Bonchev–Trinajstić information content (AvgIpc) is 1.41. The summed E-state index contributed by atoms with van der Waals surface area (Å²) in [4.78, 5) is 16.5. The molecule has 6 heavy (non-hydrogen) atoms. The molecule has 0 heterocycles. The van der Waals surface area contributed by atoms with Gasteiger partial charge in [-0.1, -0.05) is 0 Å². The first-order chi connectivity index (χ1) is 2.41. The molecule has 0 saturated carbocycles. The van der Waals surface area contributed by atoms with Crippen molar-refractivity contribution in [1.82, 2.24) is 0 Å². The molecule has 0 rings (SSSR count). The van der Waals surface area contributed by atoms with Gasteiger partial charge in [0, 0.05) is 0 Å². The van der Waals surface area contributed by atoms with Crippen molar-refractivity contribution in [2.75, 3.05) is 7.11 Å². The molecule has 0 amide bonds. The van der Waals surface area contributed by atoms with E-state index in [4.69, 9.17) is 4.79 Å². The largest absolute Gasteiger partial charge is 1.00 e. The van der Waals surface area contributed by atoms with Crippen LogP contribution in [-0.2, 0) is 14.6 Å². The van der Waals surface area contributed by atoms with Gasteiger partial charge in [0.1, 0.15) is 0 Å². The van der Waals surface area contributed by atoms with Gasteiger partial charge in [-0.3, -0.25) is 4.79 Å². The first kappa shape index (κ1) is 10.1. The summed E-state index contributed by atoms with van der Waals surface area (Å²) in [5.41, 5.74) is 0. The molecule has 0 aromatic heterocycles. The van der Waals surface area contributed by atoms with E-state index in [2.05, 4.69) is 9.78 Å². The van der Waals surface area contributed by atoms with Crippen molar-refractivity contribution in [3.05, 3.63) is 0 Å². The van der Waals surface area contributed by atoms with Crippen LogP contribution in [0, 0.1) is 0 Å². The summed E-state index contributed by atoms with van der Waals surface area (Å²) >= 11 is 0. The van der Waals surface area contributed by atoms with Crippen LogP contribution in [0.15, 0.2) is 0 Å². The van der Waals surface area contributed by atoms with Crippen LogP contribution in [0.2, 0.25) is 0 Å². The molecule has 0 unspecified atom stereocenters. The van der Waals surface area contributed by atoms with Gasteiger partial charge >= 0.3 is 57.9 Å². The summed E-state index contributed by atoms with van der Waals surface area (Å²) in [6.07, 6.45) is 0. The molecule has 0 N–H and O–H groups in total. The fourth-order valence-electron chi connectivity index (χ4n) is 0.0393. The summed E-state index contributed by atoms with van der Waals surface area (Å²) in [5, 5.41) is 0. The van der Waals surface area contributed by atoms with Crippen molar-refractivity contribution in [3.63, 3.8) is 0 Å². The molecule has 32 valence electrons. The van der Waals surface area contributed by atoms with Gasteiger partial charge in [0.25, 0.3) is 0 Å². The Hall–Kier alpha value is 1.07. The number of carbonyl (C=O) groups is 1. The SMILES string of the molecule is COOC=O.[H-].[K+]. The zero-order valence-corrected chi connectivity index (χ0v) is 6.93. The van der Waals surface area contributed by atoms with Gasteiger partial charge in [0.15, 0.2) is 0 Å². The Morgan fingerprint density at radius 2 is 2.33 bits per heavy atom. The summed E-state index contributed by atoms with van der Waals surface area (Å²) < 4.78 is 0. The van der Waals surface area contributed by atoms with Gasteiger partial charge in [0.2, 0.25) is 0 Å². The second kappa shape index (κ2) is 9.42. The molecular formula is C2H5KO3. The van der Waals surface area contributed by atoms with E-state index in [-0.39, 0.29) is 59.3 Å². The quantitative estimate of drug-likeness (QED) is 0.165. The Balaban J connectivity index is -0.0000000800. The molecule has 0 atom stereocenters. The first-order valence-electron chi connectivity index (χ1n) is 1.05. The van der Waals surface area contributed by atoms with Crippen molar-refractivity contribution in [2.45, 2.75) is 0 Å². The topological polar surface area (TPSA) is 35.5 Å². The normalized spacial score (nSPS) is 5.50. The number of carbonyl (C=O) groups excluding carboxylic acids is 1. The van der Waals surface area contributed by atoms with Gasteiger partial charge in [-0.25, -0.2) is 0 Å². The zero-order chi connectivity index (χ0) is 4.12. The molecule has 0 aromatic rings. The van der Waals surface area contributed by atoms with Crippen LogP contribution in [0.1, 0.15) is 1.43 Å². The summed E-state index contributed by atoms with van der Waals surface area (Å²) in [7, 11) is 1.26. The van der Waals surface area contributed by atoms with E-state index < -0.39 is 0 Å². The fourth-order valence-corrected chi connectivity index (χ4v) is 0.0393. The van der Waals surface area contributed by atoms with Crippen LogP contribution < -0.4 is 51.4 Å². The van der Waals surface area contributed by atoms with Crippen molar-refractivity contribution in [1.29, 1.82) is 0 Å². The minimum absolute atomic E-state index is 0. The first-order valence-corrected chi connectivity index (χ1v) is 1.05. The molecule has 4 heteroatoms. The monoisotopic (exact) mass is 116 g/mol. The van der Waals surface area contributed by atoms with Crippen molar-refractivity contribution < 1.29 is 67.4 Å². The maximum Gasteiger partial charge on any atom is 1.00 e. The van der Waals surface area contributed by atoms with E-state index in [1.807, 2.05) is 0 Å². The standard InChI is InChI=1S/C2H4O3.K.H/c1-4-5-2-3;;/h2H,1H3;;/q;+1;-1. The van der Waals surface area contributed by atoms with E-state index in [0.29, 0.717) is 0 Å². The van der Waals surface area contributed by atoms with Crippen LogP contribution >= 0.6 is 0 Å². The summed E-state index contributed by atoms with van der Waals surface area (Å²) in [6.45, 7) is 0.208. The van der Waals surface area contributed by atoms with Gasteiger partial charge in [-0.15, -0.1) is 0 Å². The molecule has 3 nitrogen and oxygen atoms in total. The average molecular weight is 116 g/mol. The Kier molecular flexibility index (Phi) is 15.9. The molecular weight excluding hydrogens is 111 g/mol. The van der Waals surface area contributed by atoms with Crippen LogP contribution in [0.3, 0.4) is 0 Å². The molecule has 0 aliphatic carbocycles.